The fourth-order valence-corrected chi connectivity index (χ4v) is 2.12. The van der Waals surface area contributed by atoms with Gasteiger partial charge in [0.05, 0.1) is 6.10 Å². The normalized spacial score (nSPS) is 41.2. The van der Waals surface area contributed by atoms with Gasteiger partial charge < -0.3 is 10.4 Å². The van der Waals surface area contributed by atoms with E-state index in [2.05, 4.69) is 5.32 Å². The minimum absolute atomic E-state index is 0.0440. The van der Waals surface area contributed by atoms with Crippen LogP contribution in [0.1, 0.15) is 33.1 Å². The summed E-state index contributed by atoms with van der Waals surface area (Å²) in [7, 11) is 0. The van der Waals surface area contributed by atoms with Crippen molar-refractivity contribution in [2.45, 2.75) is 45.3 Å². The van der Waals surface area contributed by atoms with Crippen molar-refractivity contribution >= 4 is 0 Å². The van der Waals surface area contributed by atoms with Crippen molar-refractivity contribution in [2.24, 2.45) is 5.92 Å². The molecule has 1 aliphatic heterocycles. The molecule has 0 aromatic rings. The molecule has 1 heterocycles. The highest BCUT2D eigenvalue weighted by Gasteiger charge is 2.37. The molecule has 2 nitrogen and oxygen atoms in total. The highest BCUT2D eigenvalue weighted by atomic mass is 16.3. The maximum Gasteiger partial charge on any atom is 0.0696 e. The summed E-state index contributed by atoms with van der Waals surface area (Å²) in [5, 5.41) is 12.7. The first-order valence-corrected chi connectivity index (χ1v) is 4.79. The zero-order chi connectivity index (χ0) is 8.27. The van der Waals surface area contributed by atoms with E-state index in [-0.39, 0.29) is 6.10 Å². The number of hydrogen-bond donors (Lipinski definition) is 2. The van der Waals surface area contributed by atoms with Crippen LogP contribution in [0, 0.1) is 5.92 Å². The number of hydrogen-bond acceptors (Lipinski definition) is 2. The topological polar surface area (TPSA) is 32.3 Å². The van der Waals surface area contributed by atoms with Gasteiger partial charge in [-0.1, -0.05) is 13.8 Å². The molecule has 2 aliphatic rings. The Bertz CT molecular complexity index is 116. The van der Waals surface area contributed by atoms with Gasteiger partial charge in [-0.2, -0.15) is 0 Å². The van der Waals surface area contributed by atoms with Crippen LogP contribution < -0.4 is 5.32 Å². The standard InChI is InChI=1S/C7H13NO.C2H6/c9-6-2-1-5-3-4-8-7(5)6;1-2/h5-9H,1-4H2;1-2H3/t5-,6?,7+;/m1./s1. The average Bonchev–Trinajstić information content (AvgIpc) is 2.60. The lowest BCUT2D eigenvalue weighted by molar-refractivity contribution is 0.151. The van der Waals surface area contributed by atoms with Gasteiger partial charge in [0.1, 0.15) is 0 Å². The summed E-state index contributed by atoms with van der Waals surface area (Å²) in [5.41, 5.74) is 0. The summed E-state index contributed by atoms with van der Waals surface area (Å²) < 4.78 is 0. The molecule has 1 saturated carbocycles. The molecule has 3 atom stereocenters. The molecule has 0 amide bonds. The van der Waals surface area contributed by atoms with E-state index in [1.807, 2.05) is 13.8 Å². The molecule has 2 heteroatoms. The largest absolute Gasteiger partial charge is 0.391 e. The summed E-state index contributed by atoms with van der Waals surface area (Å²) in [6.45, 7) is 5.12. The molecule has 0 aromatic heterocycles. The third-order valence-electron chi connectivity index (χ3n) is 2.65. The van der Waals surface area contributed by atoms with Crippen molar-refractivity contribution in [3.63, 3.8) is 0 Å². The lowest BCUT2D eigenvalue weighted by Crippen LogP contribution is -2.33. The first kappa shape index (κ1) is 9.01. The van der Waals surface area contributed by atoms with E-state index in [0.717, 1.165) is 18.9 Å². The monoisotopic (exact) mass is 157 g/mol. The van der Waals surface area contributed by atoms with Crippen molar-refractivity contribution < 1.29 is 5.11 Å². The van der Waals surface area contributed by atoms with Gasteiger partial charge >= 0.3 is 0 Å². The van der Waals surface area contributed by atoms with Crippen LogP contribution in [0.2, 0.25) is 0 Å². The van der Waals surface area contributed by atoms with Crippen LogP contribution in [0.4, 0.5) is 0 Å². The molecule has 1 unspecified atom stereocenters. The third kappa shape index (κ3) is 1.74. The Morgan fingerprint density at radius 2 is 1.91 bits per heavy atom. The van der Waals surface area contributed by atoms with Gasteiger partial charge in [-0.15, -0.1) is 0 Å². The average molecular weight is 157 g/mol. The van der Waals surface area contributed by atoms with E-state index in [4.69, 9.17) is 0 Å². The maximum atomic E-state index is 9.34. The van der Waals surface area contributed by atoms with Crippen molar-refractivity contribution in [3.05, 3.63) is 0 Å². The van der Waals surface area contributed by atoms with Gasteiger partial charge in [-0.25, -0.2) is 0 Å². The van der Waals surface area contributed by atoms with Crippen LogP contribution in [-0.2, 0) is 0 Å². The SMILES string of the molecule is CC.OC1CC[C@@H]2CCN[C@H]12. The van der Waals surface area contributed by atoms with E-state index < -0.39 is 0 Å². The molecule has 1 aliphatic carbocycles. The molecular weight excluding hydrogens is 138 g/mol. The molecule has 11 heavy (non-hydrogen) atoms. The summed E-state index contributed by atoms with van der Waals surface area (Å²) in [4.78, 5) is 0. The van der Waals surface area contributed by atoms with Gasteiger partial charge in [0.25, 0.3) is 0 Å². The second-order valence-electron chi connectivity index (χ2n) is 3.17. The van der Waals surface area contributed by atoms with Gasteiger partial charge in [-0.05, 0) is 31.7 Å². The van der Waals surface area contributed by atoms with E-state index in [9.17, 15) is 5.11 Å². The molecule has 0 radical (unpaired) electrons. The Balaban J connectivity index is 0.000000281. The van der Waals surface area contributed by atoms with Gasteiger partial charge in [-0.3, -0.25) is 0 Å². The summed E-state index contributed by atoms with van der Waals surface area (Å²) in [6, 6.07) is 0.449. The summed E-state index contributed by atoms with van der Waals surface area (Å²) in [5.74, 6) is 0.792. The Labute approximate surface area is 69.0 Å². The van der Waals surface area contributed by atoms with Crippen molar-refractivity contribution in [3.8, 4) is 0 Å². The lowest BCUT2D eigenvalue weighted by Gasteiger charge is -2.11. The van der Waals surface area contributed by atoms with Gasteiger partial charge in [0.15, 0.2) is 0 Å². The van der Waals surface area contributed by atoms with E-state index in [0.29, 0.717) is 6.04 Å². The third-order valence-corrected chi connectivity index (χ3v) is 2.65. The fourth-order valence-electron chi connectivity index (χ4n) is 2.12. The zero-order valence-electron chi connectivity index (χ0n) is 7.51. The predicted molar refractivity (Wildman–Crippen MR) is 46.5 cm³/mol. The van der Waals surface area contributed by atoms with Crippen molar-refractivity contribution in [1.82, 2.24) is 5.32 Å². The van der Waals surface area contributed by atoms with Crippen molar-refractivity contribution in [1.29, 1.82) is 0 Å². The highest BCUT2D eigenvalue weighted by Crippen LogP contribution is 2.31. The minimum atomic E-state index is -0.0440. The van der Waals surface area contributed by atoms with Crippen LogP contribution in [0.5, 0.6) is 0 Å². The van der Waals surface area contributed by atoms with Gasteiger partial charge in [0, 0.05) is 6.04 Å². The van der Waals surface area contributed by atoms with Crippen LogP contribution >= 0.6 is 0 Å². The summed E-state index contributed by atoms with van der Waals surface area (Å²) in [6.07, 6.45) is 3.49. The van der Waals surface area contributed by atoms with Crippen LogP contribution in [0.25, 0.3) is 0 Å². The second kappa shape index (κ2) is 4.07. The Kier molecular flexibility index (Phi) is 3.34. The molecule has 0 spiro atoms. The summed E-state index contributed by atoms with van der Waals surface area (Å²) >= 11 is 0. The first-order chi connectivity index (χ1) is 5.38. The van der Waals surface area contributed by atoms with Gasteiger partial charge in [0.2, 0.25) is 0 Å². The Morgan fingerprint density at radius 3 is 2.55 bits per heavy atom. The van der Waals surface area contributed by atoms with Crippen LogP contribution in [0.15, 0.2) is 0 Å². The first-order valence-electron chi connectivity index (χ1n) is 4.79. The second-order valence-corrected chi connectivity index (χ2v) is 3.17. The fraction of sp³-hybridized carbons (Fsp3) is 1.00. The van der Waals surface area contributed by atoms with E-state index in [1.165, 1.54) is 12.8 Å². The van der Waals surface area contributed by atoms with Crippen LogP contribution in [0.3, 0.4) is 0 Å². The molecule has 1 saturated heterocycles. The number of aliphatic hydroxyl groups excluding tert-OH is 1. The number of aliphatic hydroxyl groups is 1. The zero-order valence-corrected chi connectivity index (χ0v) is 7.51. The maximum absolute atomic E-state index is 9.34. The Morgan fingerprint density at radius 1 is 1.18 bits per heavy atom. The molecule has 66 valence electrons. The van der Waals surface area contributed by atoms with Crippen LogP contribution in [-0.4, -0.2) is 23.8 Å². The highest BCUT2D eigenvalue weighted by molar-refractivity contribution is 4.94. The Hall–Kier alpha value is -0.0800. The van der Waals surface area contributed by atoms with E-state index in [1.54, 1.807) is 0 Å². The molecule has 0 bridgehead atoms. The number of rotatable bonds is 0. The van der Waals surface area contributed by atoms with Crippen molar-refractivity contribution in [2.75, 3.05) is 6.54 Å². The number of fused-ring (bicyclic) bond motifs is 1. The quantitative estimate of drug-likeness (QED) is 0.553. The molecule has 2 N–H and O–H groups in total. The molecular formula is C9H19NO. The molecule has 0 aromatic carbocycles. The number of nitrogens with one attached hydrogen (secondary N) is 1. The predicted octanol–water partition coefficient (Wildman–Crippen LogP) is 1.15. The minimum Gasteiger partial charge on any atom is -0.391 e. The smallest absolute Gasteiger partial charge is 0.0696 e. The lowest BCUT2D eigenvalue weighted by atomic mass is 10.0. The van der Waals surface area contributed by atoms with E-state index >= 15 is 0 Å². The molecule has 2 fully saturated rings. The molecule has 2 rings (SSSR count).